The molecule has 2 aromatic rings. The van der Waals surface area contributed by atoms with Crippen molar-refractivity contribution in [2.75, 3.05) is 10.4 Å². The molecule has 0 saturated heterocycles. The van der Waals surface area contributed by atoms with E-state index in [0.29, 0.717) is 17.0 Å². The number of phenols is 1. The minimum Gasteiger partial charge on any atom is -0.501 e. The molecule has 156 valence electrons. The minimum absolute atomic E-state index is 0.0481. The summed E-state index contributed by atoms with van der Waals surface area (Å²) in [6, 6.07) is 11.9. The van der Waals surface area contributed by atoms with E-state index >= 15 is 0 Å². The number of nitro groups is 1. The van der Waals surface area contributed by atoms with E-state index in [9.17, 15) is 20.0 Å². The van der Waals surface area contributed by atoms with Crippen LogP contribution in [-0.2, 0) is 10.2 Å². The Kier molecular flexibility index (Phi) is 5.55. The molecule has 0 aliphatic carbocycles. The fourth-order valence-electron chi connectivity index (χ4n) is 2.93. The zero-order chi connectivity index (χ0) is 22.1. The predicted octanol–water partition coefficient (Wildman–Crippen LogP) is 4.18. The molecule has 2 aromatic carbocycles. The number of aromatic hydroxyl groups is 1. The number of hydrogen-bond donors (Lipinski definition) is 2. The maximum Gasteiger partial charge on any atom is 0.313 e. The molecule has 1 aliphatic heterocycles. The van der Waals surface area contributed by atoms with Gasteiger partial charge in [-0.1, -0.05) is 39.0 Å². The molecule has 0 spiro atoms. The number of rotatable bonds is 6. The van der Waals surface area contributed by atoms with Crippen molar-refractivity contribution < 1.29 is 14.8 Å². The predicted molar refractivity (Wildman–Crippen MR) is 116 cm³/mol. The number of nitro benzene ring substituents is 1. The number of para-hydroxylation sites is 1. The van der Waals surface area contributed by atoms with E-state index in [1.54, 1.807) is 37.3 Å². The molecule has 3 rings (SSSR count). The molecule has 0 fully saturated rings. The monoisotopic (exact) mass is 409 g/mol. The normalized spacial score (nSPS) is 15.5. The van der Waals surface area contributed by atoms with Crippen LogP contribution in [0.3, 0.4) is 0 Å². The van der Waals surface area contributed by atoms with Crippen molar-refractivity contribution in [2.45, 2.75) is 39.5 Å². The Hall–Kier alpha value is -3.75. The molecule has 0 unspecified atom stereocenters. The van der Waals surface area contributed by atoms with Crippen LogP contribution < -0.4 is 10.4 Å². The number of benzene rings is 2. The summed E-state index contributed by atoms with van der Waals surface area (Å²) in [6.07, 6.45) is 0.735. The molecule has 0 atom stereocenters. The van der Waals surface area contributed by atoms with Gasteiger partial charge in [0.2, 0.25) is 5.75 Å². The molecule has 0 aromatic heterocycles. The fraction of sp³-hybridized carbons (Fsp3) is 0.286. The van der Waals surface area contributed by atoms with Gasteiger partial charge in [-0.15, -0.1) is 0 Å². The highest BCUT2D eigenvalue weighted by molar-refractivity contribution is 6.71. The smallest absolute Gasteiger partial charge is 0.313 e. The van der Waals surface area contributed by atoms with Crippen LogP contribution in [0.2, 0.25) is 0 Å². The second-order valence-electron chi connectivity index (χ2n) is 7.60. The highest BCUT2D eigenvalue weighted by atomic mass is 16.6. The quantitative estimate of drug-likeness (QED) is 0.421. The largest absolute Gasteiger partial charge is 0.501 e. The first-order chi connectivity index (χ1) is 14.2. The van der Waals surface area contributed by atoms with Crippen LogP contribution in [-0.4, -0.2) is 27.4 Å². The maximum atomic E-state index is 12.7. The van der Waals surface area contributed by atoms with Crippen molar-refractivity contribution in [3.05, 3.63) is 58.1 Å². The van der Waals surface area contributed by atoms with Gasteiger partial charge in [-0.05, 0) is 42.5 Å². The Labute approximate surface area is 173 Å². The summed E-state index contributed by atoms with van der Waals surface area (Å²) in [5.41, 5.74) is 3.60. The van der Waals surface area contributed by atoms with Gasteiger partial charge in [-0.3, -0.25) is 20.3 Å². The highest BCUT2D eigenvalue weighted by Crippen LogP contribution is 2.40. The lowest BCUT2D eigenvalue weighted by Crippen LogP contribution is -2.27. The van der Waals surface area contributed by atoms with E-state index < -0.39 is 22.3 Å². The van der Waals surface area contributed by atoms with Gasteiger partial charge < -0.3 is 5.11 Å². The van der Waals surface area contributed by atoms with Crippen LogP contribution in [0.1, 0.15) is 39.7 Å². The molecule has 9 nitrogen and oxygen atoms in total. The lowest BCUT2D eigenvalue weighted by molar-refractivity contribution is -0.385. The average molecular weight is 409 g/mol. The highest BCUT2D eigenvalue weighted by Gasteiger charge is 2.31. The van der Waals surface area contributed by atoms with Crippen molar-refractivity contribution in [3.63, 3.8) is 0 Å². The third-order valence-corrected chi connectivity index (χ3v) is 5.23. The maximum absolute atomic E-state index is 12.7. The first-order valence-corrected chi connectivity index (χ1v) is 9.46. The molecule has 0 bridgehead atoms. The van der Waals surface area contributed by atoms with Gasteiger partial charge >= 0.3 is 11.6 Å². The minimum atomic E-state index is -0.645. The SMILES string of the molecule is CCC(C)(C)c1cc(NN=C2C(=O)N(c3ccccc3)N=C2C)c(O)c([N+](=O)[O-])c1. The van der Waals surface area contributed by atoms with E-state index in [-0.39, 0.29) is 16.8 Å². The van der Waals surface area contributed by atoms with Gasteiger partial charge in [0.15, 0.2) is 5.71 Å². The van der Waals surface area contributed by atoms with Crippen LogP contribution in [0.4, 0.5) is 17.1 Å². The molecule has 9 heteroatoms. The summed E-state index contributed by atoms with van der Waals surface area (Å²) in [7, 11) is 0. The summed E-state index contributed by atoms with van der Waals surface area (Å²) < 4.78 is 0. The van der Waals surface area contributed by atoms with Crippen LogP contribution in [0.25, 0.3) is 0 Å². The number of nitrogens with one attached hydrogen (secondary N) is 1. The summed E-state index contributed by atoms with van der Waals surface area (Å²) in [4.78, 5) is 23.5. The molecular formula is C21H23N5O4. The van der Waals surface area contributed by atoms with Gasteiger partial charge in [-0.2, -0.15) is 15.2 Å². The van der Waals surface area contributed by atoms with E-state index in [4.69, 9.17) is 0 Å². The lowest BCUT2D eigenvalue weighted by atomic mass is 9.82. The number of carbonyl (C=O) groups is 1. The van der Waals surface area contributed by atoms with E-state index in [1.807, 2.05) is 26.8 Å². The van der Waals surface area contributed by atoms with E-state index in [0.717, 1.165) is 6.42 Å². The van der Waals surface area contributed by atoms with Crippen molar-refractivity contribution in [1.82, 2.24) is 0 Å². The Morgan fingerprint density at radius 2 is 1.93 bits per heavy atom. The molecule has 0 saturated carbocycles. The Morgan fingerprint density at radius 3 is 2.53 bits per heavy atom. The van der Waals surface area contributed by atoms with Crippen LogP contribution in [0.5, 0.6) is 5.75 Å². The topological polar surface area (TPSA) is 120 Å². The second kappa shape index (κ2) is 7.94. The Morgan fingerprint density at radius 1 is 1.27 bits per heavy atom. The standard InChI is InChI=1S/C21H23N5O4/c1-5-21(3,4)14-11-16(19(27)17(12-14)26(29)30)22-23-18-13(2)24-25(20(18)28)15-9-7-6-8-10-15/h6-12,22,27H,5H2,1-4H3. The summed E-state index contributed by atoms with van der Waals surface area (Å²) in [5, 5.41) is 31.3. The van der Waals surface area contributed by atoms with Crippen molar-refractivity contribution in [2.24, 2.45) is 10.2 Å². The number of carbonyl (C=O) groups excluding carboxylic acids is 1. The van der Waals surface area contributed by atoms with Gasteiger partial charge in [-0.25, -0.2) is 0 Å². The summed E-state index contributed by atoms with van der Waals surface area (Å²) in [6.45, 7) is 7.52. The van der Waals surface area contributed by atoms with E-state index in [2.05, 4.69) is 15.6 Å². The molecule has 1 amide bonds. The number of amides is 1. The van der Waals surface area contributed by atoms with E-state index in [1.165, 1.54) is 11.1 Å². The van der Waals surface area contributed by atoms with Crippen LogP contribution in [0.15, 0.2) is 52.7 Å². The van der Waals surface area contributed by atoms with Crippen molar-refractivity contribution >= 4 is 34.4 Å². The molecule has 1 aliphatic rings. The zero-order valence-electron chi connectivity index (χ0n) is 17.2. The summed E-state index contributed by atoms with van der Waals surface area (Å²) >= 11 is 0. The number of hydrogen-bond acceptors (Lipinski definition) is 7. The summed E-state index contributed by atoms with van der Waals surface area (Å²) in [5.74, 6) is -0.981. The van der Waals surface area contributed by atoms with Crippen LogP contribution in [0, 0.1) is 10.1 Å². The van der Waals surface area contributed by atoms with Gasteiger partial charge in [0.1, 0.15) is 5.69 Å². The second-order valence-corrected chi connectivity index (χ2v) is 7.60. The zero-order valence-corrected chi connectivity index (χ0v) is 17.2. The van der Waals surface area contributed by atoms with Crippen LogP contribution >= 0.6 is 0 Å². The van der Waals surface area contributed by atoms with Crippen molar-refractivity contribution in [3.8, 4) is 5.75 Å². The molecule has 30 heavy (non-hydrogen) atoms. The molecule has 1 heterocycles. The average Bonchev–Trinajstić information content (AvgIpc) is 3.01. The van der Waals surface area contributed by atoms with Gasteiger partial charge in [0.05, 0.1) is 16.3 Å². The molecule has 2 N–H and O–H groups in total. The number of anilines is 2. The molecule has 0 radical (unpaired) electrons. The molecular weight excluding hydrogens is 386 g/mol. The van der Waals surface area contributed by atoms with Crippen molar-refractivity contribution in [1.29, 1.82) is 0 Å². The first kappa shape index (κ1) is 21.0. The number of nitrogens with zero attached hydrogens (tertiary/aromatic N) is 4. The fourth-order valence-corrected chi connectivity index (χ4v) is 2.93. The van der Waals surface area contributed by atoms with Gasteiger partial charge in [0.25, 0.3) is 0 Å². The van der Waals surface area contributed by atoms with Gasteiger partial charge in [0, 0.05) is 6.07 Å². The lowest BCUT2D eigenvalue weighted by Gasteiger charge is -2.24. The third kappa shape index (κ3) is 3.86. The third-order valence-electron chi connectivity index (χ3n) is 5.23. The Balaban J connectivity index is 1.97. The first-order valence-electron chi connectivity index (χ1n) is 9.46. The Bertz CT molecular complexity index is 1060. The number of hydrazone groups is 2. The number of phenolic OH excluding ortho intramolecular Hbond substituents is 1.